The first-order chi connectivity index (χ1) is 13.2. The fourth-order valence-corrected chi connectivity index (χ4v) is 2.38. The maximum Gasteiger partial charge on any atom is 0.340 e. The fraction of sp³-hybridized carbons (Fsp3) is 0.211. The summed E-state index contributed by atoms with van der Waals surface area (Å²) in [6, 6.07) is 14.1. The van der Waals surface area contributed by atoms with Crippen LogP contribution < -0.4 is 10.1 Å². The number of hydrogen-bond acceptors (Lipinski definition) is 8. The molecular formula is C19H19N3O5. The summed E-state index contributed by atoms with van der Waals surface area (Å²) in [5.41, 5.74) is 1.71. The van der Waals surface area contributed by atoms with Crippen LogP contribution in [0.2, 0.25) is 0 Å². The van der Waals surface area contributed by atoms with E-state index >= 15 is 0 Å². The highest BCUT2D eigenvalue weighted by Crippen LogP contribution is 2.20. The molecule has 0 aliphatic carbocycles. The minimum Gasteiger partial charge on any atom is -0.497 e. The average molecular weight is 369 g/mol. The molecule has 2 N–H and O–H groups in total. The standard InChI is InChI=1S/C19H19N3O5/c1-25-14-8-6-13(7-9-14)18-21-17(27-22-18)12-26-19(24)15-4-2-3-5-16(15)20-10-11-23/h2-9,20,23H,10-12H2,1H3. The molecule has 0 aliphatic heterocycles. The lowest BCUT2D eigenvalue weighted by atomic mass is 10.2. The van der Waals surface area contributed by atoms with Crippen molar-refractivity contribution in [2.24, 2.45) is 0 Å². The van der Waals surface area contributed by atoms with Gasteiger partial charge >= 0.3 is 5.97 Å². The van der Waals surface area contributed by atoms with Gasteiger partial charge in [0.15, 0.2) is 6.61 Å². The second-order valence-corrected chi connectivity index (χ2v) is 5.51. The summed E-state index contributed by atoms with van der Waals surface area (Å²) in [5, 5.41) is 15.8. The van der Waals surface area contributed by atoms with Crippen molar-refractivity contribution in [2.75, 3.05) is 25.6 Å². The van der Waals surface area contributed by atoms with Gasteiger partial charge in [0, 0.05) is 17.8 Å². The molecule has 0 amide bonds. The maximum atomic E-state index is 12.3. The zero-order valence-corrected chi connectivity index (χ0v) is 14.7. The predicted octanol–water partition coefficient (Wildman–Crippen LogP) is 2.51. The summed E-state index contributed by atoms with van der Waals surface area (Å²) in [7, 11) is 1.59. The van der Waals surface area contributed by atoms with Gasteiger partial charge in [-0.1, -0.05) is 17.3 Å². The number of rotatable bonds is 8. The second kappa shape index (κ2) is 8.81. The second-order valence-electron chi connectivity index (χ2n) is 5.51. The van der Waals surface area contributed by atoms with Gasteiger partial charge in [0.2, 0.25) is 5.82 Å². The van der Waals surface area contributed by atoms with Crippen molar-refractivity contribution in [2.45, 2.75) is 6.61 Å². The molecule has 140 valence electrons. The summed E-state index contributed by atoms with van der Waals surface area (Å²) in [6.45, 7) is 0.148. The number of benzene rings is 2. The van der Waals surface area contributed by atoms with Crippen LogP contribution in [0.5, 0.6) is 5.75 Å². The van der Waals surface area contributed by atoms with Crippen LogP contribution in [0.25, 0.3) is 11.4 Å². The van der Waals surface area contributed by atoms with Crippen LogP contribution in [0.1, 0.15) is 16.2 Å². The van der Waals surface area contributed by atoms with Gasteiger partial charge in [-0.25, -0.2) is 4.79 Å². The minimum atomic E-state index is -0.528. The normalized spacial score (nSPS) is 10.4. The number of anilines is 1. The molecule has 3 rings (SSSR count). The third-order valence-corrected chi connectivity index (χ3v) is 3.72. The summed E-state index contributed by atoms with van der Waals surface area (Å²) < 4.78 is 15.5. The Labute approximate surface area is 155 Å². The number of aliphatic hydroxyl groups excluding tert-OH is 1. The molecule has 2 aromatic carbocycles. The van der Waals surface area contributed by atoms with Crippen LogP contribution in [-0.4, -0.2) is 41.5 Å². The number of aromatic nitrogens is 2. The summed E-state index contributed by atoms with van der Waals surface area (Å²) in [5.74, 6) is 0.786. The Hall–Kier alpha value is -3.39. The smallest absolute Gasteiger partial charge is 0.340 e. The number of carbonyl (C=O) groups excluding carboxylic acids is 1. The SMILES string of the molecule is COc1ccc(-c2noc(COC(=O)c3ccccc3NCCO)n2)cc1. The molecule has 0 atom stereocenters. The molecule has 0 saturated carbocycles. The molecule has 27 heavy (non-hydrogen) atoms. The monoisotopic (exact) mass is 369 g/mol. The Morgan fingerprint density at radius 1 is 1.19 bits per heavy atom. The van der Waals surface area contributed by atoms with Gasteiger partial charge in [0.25, 0.3) is 5.89 Å². The predicted molar refractivity (Wildman–Crippen MR) is 97.4 cm³/mol. The van der Waals surface area contributed by atoms with Gasteiger partial charge in [-0.15, -0.1) is 0 Å². The lowest BCUT2D eigenvalue weighted by Crippen LogP contribution is -2.12. The zero-order chi connectivity index (χ0) is 19.1. The molecular weight excluding hydrogens is 350 g/mol. The number of aliphatic hydroxyl groups is 1. The number of methoxy groups -OCH3 is 1. The van der Waals surface area contributed by atoms with Crippen molar-refractivity contribution in [1.82, 2.24) is 10.1 Å². The first-order valence-electron chi connectivity index (χ1n) is 8.29. The van der Waals surface area contributed by atoms with Crippen LogP contribution >= 0.6 is 0 Å². The molecule has 0 fully saturated rings. The Morgan fingerprint density at radius 3 is 2.70 bits per heavy atom. The topological polar surface area (TPSA) is 107 Å². The molecule has 0 bridgehead atoms. The molecule has 1 aromatic heterocycles. The molecule has 1 heterocycles. The fourth-order valence-electron chi connectivity index (χ4n) is 2.38. The number of nitrogens with one attached hydrogen (secondary N) is 1. The van der Waals surface area contributed by atoms with E-state index in [0.29, 0.717) is 23.6 Å². The van der Waals surface area contributed by atoms with Crippen LogP contribution in [-0.2, 0) is 11.3 Å². The molecule has 0 spiro atoms. The van der Waals surface area contributed by atoms with Gasteiger partial charge < -0.3 is 24.4 Å². The van der Waals surface area contributed by atoms with E-state index in [2.05, 4.69) is 15.5 Å². The van der Waals surface area contributed by atoms with E-state index < -0.39 is 5.97 Å². The number of esters is 1. The van der Waals surface area contributed by atoms with E-state index in [1.165, 1.54) is 0 Å². The highest BCUT2D eigenvalue weighted by molar-refractivity contribution is 5.95. The Morgan fingerprint density at radius 2 is 1.96 bits per heavy atom. The molecule has 8 heteroatoms. The molecule has 0 unspecified atom stereocenters. The largest absolute Gasteiger partial charge is 0.497 e. The van der Waals surface area contributed by atoms with E-state index in [0.717, 1.165) is 11.3 Å². The number of nitrogens with zero attached hydrogens (tertiary/aromatic N) is 2. The zero-order valence-electron chi connectivity index (χ0n) is 14.7. The quantitative estimate of drug-likeness (QED) is 0.583. The molecule has 0 saturated heterocycles. The average Bonchev–Trinajstić information content (AvgIpc) is 3.20. The Kier molecular flexibility index (Phi) is 6.01. The van der Waals surface area contributed by atoms with Crippen LogP contribution in [0.15, 0.2) is 53.1 Å². The van der Waals surface area contributed by atoms with Crippen molar-refractivity contribution in [1.29, 1.82) is 0 Å². The molecule has 8 nitrogen and oxygen atoms in total. The Bertz CT molecular complexity index is 892. The van der Waals surface area contributed by atoms with Crippen molar-refractivity contribution in [3.63, 3.8) is 0 Å². The van der Waals surface area contributed by atoms with E-state index in [-0.39, 0.29) is 19.1 Å². The first-order valence-corrected chi connectivity index (χ1v) is 8.29. The molecule has 0 radical (unpaired) electrons. The van der Waals surface area contributed by atoms with Gasteiger partial charge in [-0.3, -0.25) is 0 Å². The van der Waals surface area contributed by atoms with Crippen LogP contribution in [0, 0.1) is 0 Å². The van der Waals surface area contributed by atoms with Crippen molar-refractivity contribution < 1.29 is 23.9 Å². The van der Waals surface area contributed by atoms with Crippen LogP contribution in [0.3, 0.4) is 0 Å². The number of ether oxygens (including phenoxy) is 2. The minimum absolute atomic E-state index is 0.0422. The third-order valence-electron chi connectivity index (χ3n) is 3.72. The number of hydrogen-bond donors (Lipinski definition) is 2. The Balaban J connectivity index is 1.64. The van der Waals surface area contributed by atoms with Gasteiger partial charge in [0.05, 0.1) is 19.3 Å². The van der Waals surface area contributed by atoms with Gasteiger partial charge in [-0.05, 0) is 36.4 Å². The highest BCUT2D eigenvalue weighted by atomic mass is 16.6. The van der Waals surface area contributed by atoms with Crippen LogP contribution in [0.4, 0.5) is 5.69 Å². The first kappa shape index (κ1) is 18.4. The summed E-state index contributed by atoms with van der Waals surface area (Å²) in [6.07, 6.45) is 0. The molecule has 3 aromatic rings. The maximum absolute atomic E-state index is 12.3. The van der Waals surface area contributed by atoms with Gasteiger partial charge in [0.1, 0.15) is 5.75 Å². The van der Waals surface area contributed by atoms with Crippen molar-refractivity contribution >= 4 is 11.7 Å². The number of para-hydroxylation sites is 1. The number of carbonyl (C=O) groups is 1. The van der Waals surface area contributed by atoms with Crippen molar-refractivity contribution in [3.05, 3.63) is 60.0 Å². The van der Waals surface area contributed by atoms with Crippen molar-refractivity contribution in [3.8, 4) is 17.1 Å². The van der Waals surface area contributed by atoms with E-state index in [4.69, 9.17) is 19.1 Å². The third kappa shape index (κ3) is 4.62. The van der Waals surface area contributed by atoms with E-state index in [1.807, 2.05) is 12.1 Å². The molecule has 0 aliphatic rings. The summed E-state index contributed by atoms with van der Waals surface area (Å²) >= 11 is 0. The highest BCUT2D eigenvalue weighted by Gasteiger charge is 2.15. The van der Waals surface area contributed by atoms with E-state index in [9.17, 15) is 4.79 Å². The van der Waals surface area contributed by atoms with Gasteiger partial charge in [-0.2, -0.15) is 4.98 Å². The lowest BCUT2D eigenvalue weighted by molar-refractivity contribution is 0.0431. The summed E-state index contributed by atoms with van der Waals surface area (Å²) in [4.78, 5) is 16.5. The van der Waals surface area contributed by atoms with E-state index in [1.54, 1.807) is 43.5 Å². The lowest BCUT2D eigenvalue weighted by Gasteiger charge is -2.09.